The molecule has 0 saturated carbocycles. The minimum absolute atomic E-state index is 0.00118. The fraction of sp³-hybridized carbons (Fsp3) is 0.814. The zero-order chi connectivity index (χ0) is 51.9. The van der Waals surface area contributed by atoms with E-state index in [1.165, 1.54) is 6.92 Å². The van der Waals surface area contributed by atoms with Gasteiger partial charge in [0.1, 0.15) is 55.3 Å². The lowest BCUT2D eigenvalue weighted by Gasteiger charge is -2.46. The maximum Gasteiger partial charge on any atom is 0.302 e. The lowest BCUT2D eigenvalue weighted by atomic mass is 9.79. The smallest absolute Gasteiger partial charge is 0.302 e. The van der Waals surface area contributed by atoms with Crippen molar-refractivity contribution in [3.05, 3.63) is 50.7 Å². The van der Waals surface area contributed by atoms with Gasteiger partial charge in [-0.05, 0) is 52.4 Å². The van der Waals surface area contributed by atoms with Gasteiger partial charge in [-0.15, -0.1) is 0 Å². The van der Waals surface area contributed by atoms with Crippen molar-refractivity contribution in [1.82, 2.24) is 0 Å². The number of benzene rings is 1. The van der Waals surface area contributed by atoms with E-state index in [9.17, 15) is 35.4 Å². The van der Waals surface area contributed by atoms with Crippen molar-refractivity contribution in [2.75, 3.05) is 33.5 Å². The number of carbonyl (C=O) groups excluding carboxylic acids is 1. The van der Waals surface area contributed by atoms with Crippen LogP contribution in [0.25, 0.3) is 20.9 Å². The predicted octanol–water partition coefficient (Wildman–Crippen LogP) is 4.90. The Hall–Kier alpha value is -3.03. The summed E-state index contributed by atoms with van der Waals surface area (Å²) < 4.78 is 47.3. The summed E-state index contributed by atoms with van der Waals surface area (Å²) in [6.45, 7) is 14.1. The fourth-order valence-electron chi connectivity index (χ4n) is 7.92. The molecule has 0 radical (unpaired) electrons. The Morgan fingerprint density at radius 3 is 1.80 bits per heavy atom. The maximum absolute atomic E-state index is 10.9. The average molecular weight is 1050 g/mol. The SMILES string of the molecule is CC(=O)OCC1O[C@@H](OC(=N)C(Cl)(Cl)Cl)C(C)[C@@H](C)[C@@H]1C.CC1[C@H](O[C@@H]2C(CO)O[C@@H](N=[N+]=[N-])C(C)[C@H]2O)OC(CO)[C@@H](O)[C@@H]1O.COc1ccc(COCC2O[C@@H](N=[N+]=[N-])C(C)[C@@H](C)[C@@H]2O)cc1. The molecule has 1 aromatic rings. The number of aliphatic hydroxyl groups excluding tert-OH is 6. The molecule has 4 aliphatic heterocycles. The Morgan fingerprint density at radius 2 is 1.26 bits per heavy atom. The van der Waals surface area contributed by atoms with Gasteiger partial charge in [0.15, 0.2) is 6.29 Å². The van der Waals surface area contributed by atoms with Gasteiger partial charge >= 0.3 is 5.97 Å². The van der Waals surface area contributed by atoms with E-state index >= 15 is 0 Å². The lowest BCUT2D eigenvalue weighted by Crippen LogP contribution is -2.60. The molecule has 0 spiro atoms. The van der Waals surface area contributed by atoms with Crippen LogP contribution in [-0.4, -0.2) is 160 Å². The zero-order valence-electron chi connectivity index (χ0n) is 40.0. The predicted molar refractivity (Wildman–Crippen MR) is 249 cm³/mol. The van der Waals surface area contributed by atoms with E-state index < -0.39 is 109 Å². The summed E-state index contributed by atoms with van der Waals surface area (Å²) >= 11 is 16.8. The van der Waals surface area contributed by atoms with Gasteiger partial charge in [-0.3, -0.25) is 10.2 Å². The van der Waals surface area contributed by atoms with Crippen LogP contribution in [0, 0.1) is 46.8 Å². The van der Waals surface area contributed by atoms with E-state index in [0.717, 1.165) is 11.3 Å². The Balaban J connectivity index is 0.000000275. The van der Waals surface area contributed by atoms with Gasteiger partial charge in [-0.1, -0.05) is 106 Å². The molecule has 0 aromatic heterocycles. The topological polar surface area (TPSA) is 343 Å². The van der Waals surface area contributed by atoms with Crippen LogP contribution < -0.4 is 4.74 Å². The van der Waals surface area contributed by atoms with Gasteiger partial charge in [0, 0.05) is 34.5 Å². The normalized spacial score (nSPS) is 37.7. The Morgan fingerprint density at radius 1 is 0.696 bits per heavy atom. The highest BCUT2D eigenvalue weighted by atomic mass is 35.6. The molecule has 20 atom stereocenters. The Kier molecular flexibility index (Phi) is 24.7. The average Bonchev–Trinajstić information content (AvgIpc) is 3.32. The maximum atomic E-state index is 10.9. The first kappa shape index (κ1) is 60.3. The van der Waals surface area contributed by atoms with E-state index in [4.69, 9.17) is 93.9 Å². The molecule has 4 heterocycles. The van der Waals surface area contributed by atoms with Crippen LogP contribution in [0.1, 0.15) is 61.0 Å². The van der Waals surface area contributed by atoms with Crippen LogP contribution in [0.3, 0.4) is 0 Å². The van der Waals surface area contributed by atoms with Crippen molar-refractivity contribution in [2.24, 2.45) is 51.7 Å². The second-order valence-electron chi connectivity index (χ2n) is 17.7. The number of halogens is 3. The second kappa shape index (κ2) is 28.3. The van der Waals surface area contributed by atoms with Crippen molar-refractivity contribution in [1.29, 1.82) is 5.41 Å². The highest BCUT2D eigenvalue weighted by Gasteiger charge is 2.49. The number of aliphatic hydroxyl groups is 6. The first-order valence-corrected chi connectivity index (χ1v) is 23.5. The highest BCUT2D eigenvalue weighted by molar-refractivity contribution is 6.76. The molecule has 69 heavy (non-hydrogen) atoms. The second-order valence-corrected chi connectivity index (χ2v) is 20.0. The van der Waals surface area contributed by atoms with Gasteiger partial charge in [-0.25, -0.2) is 0 Å². The van der Waals surface area contributed by atoms with Crippen LogP contribution in [0.4, 0.5) is 0 Å². The van der Waals surface area contributed by atoms with Crippen molar-refractivity contribution in [3.8, 4) is 5.75 Å². The Labute approximate surface area is 416 Å². The molecule has 7 N–H and O–H groups in total. The summed E-state index contributed by atoms with van der Waals surface area (Å²) in [6.07, 6.45) is -11.4. The standard InChI is InChI=1S/C16H23N3O4.C14H25N3O8.C13H20Cl3NO4/c1-10-11(2)16(18-19-17)23-14(15(10)20)9-22-8-12-4-6-13(21-3)7-5-12;1-5-10(21)12(8(4-19)23-13(5)16-17-15)25-14-6(2)9(20)11(22)7(3-18)24-14;1-6-7(2)10(5-19-9(4)18)20-11(8(6)3)21-12(17)13(14,15)16/h4-7,10-11,14-16,20H,8-9H2,1-3H3;5-14,18-22H,3-4H2,1-2H3;6-8,10-11,17H,5H2,1-4H3/t10-,11?,14?,15+,16-;5?,6?,7?,8?,9-,10-,11-,12-,13-,14+;6-,7-,8?,10?,11-/m110/s1. The first-order valence-electron chi connectivity index (χ1n) is 22.4. The number of methoxy groups -OCH3 is 1. The molecule has 5 rings (SSSR count). The van der Waals surface area contributed by atoms with Gasteiger partial charge in [0.25, 0.3) is 3.79 Å². The van der Waals surface area contributed by atoms with Crippen LogP contribution in [0.15, 0.2) is 34.5 Å². The molecular formula is C43H68Cl3N7O16. The van der Waals surface area contributed by atoms with Crippen molar-refractivity contribution >= 4 is 46.7 Å². The Bertz CT molecular complexity index is 1850. The molecule has 4 fully saturated rings. The van der Waals surface area contributed by atoms with Gasteiger partial charge in [0.05, 0.1) is 58.0 Å². The largest absolute Gasteiger partial charge is 0.497 e. The van der Waals surface area contributed by atoms with Crippen LogP contribution in [0.2, 0.25) is 0 Å². The van der Waals surface area contributed by atoms with Crippen molar-refractivity contribution in [2.45, 2.75) is 146 Å². The summed E-state index contributed by atoms with van der Waals surface area (Å²) in [7, 11) is 1.62. The number of nitrogens with zero attached hydrogens (tertiary/aromatic N) is 6. The monoisotopic (exact) mass is 1040 g/mol. The molecule has 392 valence electrons. The number of rotatable bonds is 14. The molecule has 4 aliphatic rings. The zero-order valence-corrected chi connectivity index (χ0v) is 42.2. The van der Waals surface area contributed by atoms with Crippen LogP contribution in [0.5, 0.6) is 5.75 Å². The number of esters is 1. The van der Waals surface area contributed by atoms with Crippen molar-refractivity contribution < 1.29 is 78.1 Å². The summed E-state index contributed by atoms with van der Waals surface area (Å²) in [4.78, 5) is 16.4. The number of alkyl halides is 3. The van der Waals surface area contributed by atoms with E-state index in [1.54, 1.807) is 21.0 Å². The van der Waals surface area contributed by atoms with Gasteiger partial charge in [0.2, 0.25) is 12.2 Å². The molecule has 8 unspecified atom stereocenters. The van der Waals surface area contributed by atoms with Crippen LogP contribution in [-0.2, 0) is 49.3 Å². The molecule has 0 bridgehead atoms. The number of carbonyl (C=O) groups is 1. The molecule has 1 aromatic carbocycles. The molecule has 0 aliphatic carbocycles. The lowest BCUT2D eigenvalue weighted by molar-refractivity contribution is -0.326. The van der Waals surface area contributed by atoms with Crippen LogP contribution >= 0.6 is 34.8 Å². The third-order valence-electron chi connectivity index (χ3n) is 13.1. The molecular weight excluding hydrogens is 977 g/mol. The van der Waals surface area contributed by atoms with E-state index in [0.29, 0.717) is 6.61 Å². The number of ether oxygens (including phenoxy) is 9. The molecule has 23 nitrogen and oxygen atoms in total. The summed E-state index contributed by atoms with van der Waals surface area (Å²) in [6, 6.07) is 7.58. The van der Waals surface area contributed by atoms with Crippen molar-refractivity contribution in [3.63, 3.8) is 0 Å². The van der Waals surface area contributed by atoms with E-state index in [1.807, 2.05) is 58.9 Å². The summed E-state index contributed by atoms with van der Waals surface area (Å²) in [5.41, 5.74) is 18.2. The van der Waals surface area contributed by atoms with Gasteiger partial charge in [-0.2, -0.15) is 0 Å². The summed E-state index contributed by atoms with van der Waals surface area (Å²) in [5, 5.41) is 74.3. The minimum Gasteiger partial charge on any atom is -0.497 e. The molecule has 0 amide bonds. The van der Waals surface area contributed by atoms with Gasteiger partial charge < -0.3 is 73.3 Å². The highest BCUT2D eigenvalue weighted by Crippen LogP contribution is 2.38. The van der Waals surface area contributed by atoms with E-state index in [-0.39, 0.29) is 54.9 Å². The third kappa shape index (κ3) is 16.8. The quantitative estimate of drug-likeness (QED) is 0.0248. The molecule has 4 saturated heterocycles. The molecule has 26 heteroatoms. The fourth-order valence-corrected chi connectivity index (χ4v) is 8.05. The van der Waals surface area contributed by atoms with E-state index in [2.05, 4.69) is 20.1 Å². The number of hydrogen-bond donors (Lipinski definition) is 7. The number of azide groups is 2. The number of nitrogens with one attached hydrogen (secondary N) is 1. The number of hydrogen-bond acceptors (Lipinski definition) is 19. The third-order valence-corrected chi connectivity index (χ3v) is 13.7. The first-order chi connectivity index (χ1) is 32.4. The summed E-state index contributed by atoms with van der Waals surface area (Å²) in [5.74, 6) is -1.01. The minimum atomic E-state index is -1.93.